The fourth-order valence-electron chi connectivity index (χ4n) is 2.76. The Balaban J connectivity index is 1.65. The van der Waals surface area contributed by atoms with Crippen LogP contribution in [0.15, 0.2) is 35.7 Å². The first-order valence-corrected chi connectivity index (χ1v) is 8.89. The molecule has 0 spiro atoms. The van der Waals surface area contributed by atoms with Crippen molar-refractivity contribution in [2.75, 3.05) is 18.4 Å². The minimum Gasteiger partial charge on any atom is -0.337 e. The fraction of sp³-hybridized carbons (Fsp3) is 0.294. The topological polar surface area (TPSA) is 49.4 Å². The molecule has 7 heteroatoms. The van der Waals surface area contributed by atoms with E-state index in [2.05, 4.69) is 5.32 Å². The van der Waals surface area contributed by atoms with E-state index < -0.39 is 5.82 Å². The largest absolute Gasteiger partial charge is 0.337 e. The maximum Gasteiger partial charge on any atom is 0.263 e. The molecular formula is C17H16ClFN2O2S. The normalized spacial score (nSPS) is 17.6. The van der Waals surface area contributed by atoms with Crippen LogP contribution in [0.25, 0.3) is 0 Å². The van der Waals surface area contributed by atoms with Crippen LogP contribution in [0, 0.1) is 11.7 Å². The second-order valence-corrected chi connectivity index (χ2v) is 7.07. The Kier molecular flexibility index (Phi) is 5.16. The molecule has 126 valence electrons. The molecule has 0 aliphatic carbocycles. The maximum absolute atomic E-state index is 13.8. The van der Waals surface area contributed by atoms with Crippen LogP contribution in [-0.2, 0) is 4.79 Å². The van der Waals surface area contributed by atoms with Crippen LogP contribution in [0.5, 0.6) is 0 Å². The van der Waals surface area contributed by atoms with Crippen LogP contribution in [-0.4, -0.2) is 29.8 Å². The fourth-order valence-corrected chi connectivity index (χ4v) is 3.61. The third kappa shape index (κ3) is 3.76. The van der Waals surface area contributed by atoms with Crippen LogP contribution >= 0.6 is 22.9 Å². The predicted octanol–water partition coefficient (Wildman–Crippen LogP) is 4.03. The van der Waals surface area contributed by atoms with Gasteiger partial charge in [-0.2, -0.15) is 0 Å². The number of benzene rings is 1. The van der Waals surface area contributed by atoms with Gasteiger partial charge in [-0.25, -0.2) is 4.39 Å². The molecular weight excluding hydrogens is 351 g/mol. The number of halogens is 2. The van der Waals surface area contributed by atoms with E-state index in [0.717, 1.165) is 12.5 Å². The van der Waals surface area contributed by atoms with Crippen molar-refractivity contribution < 1.29 is 14.0 Å². The van der Waals surface area contributed by atoms with Crippen LogP contribution in [0.4, 0.5) is 10.1 Å². The lowest BCUT2D eigenvalue weighted by atomic mass is 9.97. The molecule has 4 nitrogen and oxygen atoms in total. The van der Waals surface area contributed by atoms with Crippen LogP contribution in [0.1, 0.15) is 22.5 Å². The first-order valence-electron chi connectivity index (χ1n) is 7.63. The number of hydrogen-bond donors (Lipinski definition) is 1. The molecule has 1 unspecified atom stereocenters. The van der Waals surface area contributed by atoms with Crippen molar-refractivity contribution in [1.82, 2.24) is 4.90 Å². The van der Waals surface area contributed by atoms with Gasteiger partial charge in [0.25, 0.3) is 5.91 Å². The number of anilines is 1. The molecule has 0 saturated carbocycles. The number of carbonyl (C=O) groups is 2. The molecule has 1 aliphatic rings. The lowest BCUT2D eigenvalue weighted by Gasteiger charge is -2.31. The first-order chi connectivity index (χ1) is 11.5. The molecule has 3 rings (SSSR count). The molecule has 1 atom stereocenters. The van der Waals surface area contributed by atoms with Crippen molar-refractivity contribution >= 4 is 40.4 Å². The number of piperidine rings is 1. The number of nitrogens with zero attached hydrogens (tertiary/aromatic N) is 1. The summed E-state index contributed by atoms with van der Waals surface area (Å²) in [5.41, 5.74) is 0.103. The lowest BCUT2D eigenvalue weighted by molar-refractivity contribution is -0.121. The van der Waals surface area contributed by atoms with Gasteiger partial charge in [-0.05, 0) is 42.5 Å². The van der Waals surface area contributed by atoms with Gasteiger partial charge in [-0.3, -0.25) is 9.59 Å². The molecule has 1 saturated heterocycles. The van der Waals surface area contributed by atoms with E-state index in [9.17, 15) is 14.0 Å². The molecule has 2 heterocycles. The third-order valence-corrected chi connectivity index (χ3v) is 5.09. The number of carbonyl (C=O) groups excluding carboxylic acids is 2. The van der Waals surface area contributed by atoms with E-state index in [1.54, 1.807) is 11.0 Å². The van der Waals surface area contributed by atoms with E-state index in [0.29, 0.717) is 24.4 Å². The predicted molar refractivity (Wildman–Crippen MR) is 93.0 cm³/mol. The third-order valence-electron chi connectivity index (χ3n) is 4.00. The lowest BCUT2D eigenvalue weighted by Crippen LogP contribution is -2.43. The second-order valence-electron chi connectivity index (χ2n) is 5.68. The second kappa shape index (κ2) is 7.32. The van der Waals surface area contributed by atoms with Gasteiger partial charge in [0.1, 0.15) is 5.82 Å². The molecule has 1 N–H and O–H groups in total. The van der Waals surface area contributed by atoms with Crippen molar-refractivity contribution in [3.63, 3.8) is 0 Å². The van der Waals surface area contributed by atoms with Crippen molar-refractivity contribution in [3.8, 4) is 0 Å². The highest BCUT2D eigenvalue weighted by Gasteiger charge is 2.29. The van der Waals surface area contributed by atoms with E-state index in [-0.39, 0.29) is 28.4 Å². The van der Waals surface area contributed by atoms with Gasteiger partial charge in [0.05, 0.1) is 16.5 Å². The van der Waals surface area contributed by atoms with E-state index in [1.807, 2.05) is 11.4 Å². The number of thiophene rings is 1. The van der Waals surface area contributed by atoms with Gasteiger partial charge in [-0.1, -0.05) is 17.7 Å². The molecule has 1 aliphatic heterocycles. The summed E-state index contributed by atoms with van der Waals surface area (Å²) in [7, 11) is 0. The summed E-state index contributed by atoms with van der Waals surface area (Å²) < 4.78 is 13.8. The van der Waals surface area contributed by atoms with E-state index in [4.69, 9.17) is 11.6 Å². The zero-order valence-electron chi connectivity index (χ0n) is 12.8. The quantitative estimate of drug-likeness (QED) is 0.891. The highest BCUT2D eigenvalue weighted by atomic mass is 35.5. The zero-order valence-corrected chi connectivity index (χ0v) is 14.4. The Morgan fingerprint density at radius 3 is 2.88 bits per heavy atom. The average molecular weight is 367 g/mol. The molecule has 24 heavy (non-hydrogen) atoms. The van der Waals surface area contributed by atoms with Gasteiger partial charge >= 0.3 is 0 Å². The molecule has 1 aromatic carbocycles. The Labute approximate surface area is 148 Å². The van der Waals surface area contributed by atoms with Crippen molar-refractivity contribution in [2.24, 2.45) is 5.92 Å². The number of rotatable bonds is 3. The molecule has 1 fully saturated rings. The molecule has 2 aromatic rings. The molecule has 2 amide bonds. The summed E-state index contributed by atoms with van der Waals surface area (Å²) in [5.74, 6) is -1.25. The number of hydrogen-bond acceptors (Lipinski definition) is 3. The Morgan fingerprint density at radius 2 is 2.17 bits per heavy atom. The number of amides is 2. The first kappa shape index (κ1) is 16.9. The smallest absolute Gasteiger partial charge is 0.263 e. The summed E-state index contributed by atoms with van der Waals surface area (Å²) in [6, 6.07) is 7.72. The van der Waals surface area contributed by atoms with Gasteiger partial charge < -0.3 is 10.2 Å². The Morgan fingerprint density at radius 1 is 1.33 bits per heavy atom. The Hall–Kier alpha value is -1.92. The van der Waals surface area contributed by atoms with Crippen molar-refractivity contribution in [3.05, 3.63) is 51.4 Å². The standard InChI is InChI=1S/C17H16ClFN2O2S/c18-12-5-6-14(13(19)9-12)20-16(22)11-3-1-7-21(10-11)17(23)15-4-2-8-24-15/h2,4-6,8-9,11H,1,3,7,10H2,(H,20,22). The van der Waals surface area contributed by atoms with E-state index >= 15 is 0 Å². The summed E-state index contributed by atoms with van der Waals surface area (Å²) >= 11 is 7.10. The molecule has 1 aromatic heterocycles. The molecule has 0 bridgehead atoms. The van der Waals surface area contributed by atoms with Crippen LogP contribution in [0.3, 0.4) is 0 Å². The van der Waals surface area contributed by atoms with Crippen LogP contribution in [0.2, 0.25) is 5.02 Å². The summed E-state index contributed by atoms with van der Waals surface area (Å²) in [6.07, 6.45) is 1.42. The van der Waals surface area contributed by atoms with Gasteiger partial charge in [0, 0.05) is 18.1 Å². The minimum absolute atomic E-state index is 0.0554. The summed E-state index contributed by atoms with van der Waals surface area (Å²) in [6.45, 7) is 0.980. The zero-order chi connectivity index (χ0) is 17.1. The average Bonchev–Trinajstić information content (AvgIpc) is 3.11. The maximum atomic E-state index is 13.8. The highest BCUT2D eigenvalue weighted by molar-refractivity contribution is 7.12. The summed E-state index contributed by atoms with van der Waals surface area (Å²) in [5, 5.41) is 4.72. The number of likely N-dealkylation sites (tertiary alicyclic amines) is 1. The Bertz CT molecular complexity index is 751. The van der Waals surface area contributed by atoms with E-state index in [1.165, 1.54) is 23.5 Å². The SMILES string of the molecule is O=C(Nc1ccc(Cl)cc1F)C1CCCN(C(=O)c2cccs2)C1. The number of nitrogens with one attached hydrogen (secondary N) is 1. The van der Waals surface area contributed by atoms with Crippen LogP contribution < -0.4 is 5.32 Å². The monoisotopic (exact) mass is 366 g/mol. The van der Waals surface area contributed by atoms with Gasteiger partial charge in [-0.15, -0.1) is 11.3 Å². The van der Waals surface area contributed by atoms with Gasteiger partial charge in [0.2, 0.25) is 5.91 Å². The summed E-state index contributed by atoms with van der Waals surface area (Å²) in [4.78, 5) is 27.2. The molecule has 0 radical (unpaired) electrons. The van der Waals surface area contributed by atoms with Crippen molar-refractivity contribution in [2.45, 2.75) is 12.8 Å². The van der Waals surface area contributed by atoms with Gasteiger partial charge in [0.15, 0.2) is 0 Å². The highest BCUT2D eigenvalue weighted by Crippen LogP contribution is 2.24. The minimum atomic E-state index is -0.571. The van der Waals surface area contributed by atoms with Crippen molar-refractivity contribution in [1.29, 1.82) is 0 Å².